The normalized spacial score (nSPS) is 15.3. The van der Waals surface area contributed by atoms with Gasteiger partial charge >= 0.3 is 0 Å². The van der Waals surface area contributed by atoms with Gasteiger partial charge in [0.05, 0.1) is 4.88 Å². The molecule has 1 aromatic heterocycles. The van der Waals surface area contributed by atoms with Gasteiger partial charge in [-0.05, 0) is 38.9 Å². The van der Waals surface area contributed by atoms with E-state index >= 15 is 0 Å². The van der Waals surface area contributed by atoms with Crippen molar-refractivity contribution in [3.63, 3.8) is 0 Å². The Bertz CT molecular complexity index is 499. The van der Waals surface area contributed by atoms with Crippen LogP contribution in [0.25, 0.3) is 0 Å². The molecule has 2 heterocycles. The van der Waals surface area contributed by atoms with Crippen molar-refractivity contribution in [2.24, 2.45) is 0 Å². The molecule has 1 aliphatic rings. The fourth-order valence-electron chi connectivity index (χ4n) is 2.48. The smallest absolute Gasteiger partial charge is 0.261 e. The van der Waals surface area contributed by atoms with E-state index in [1.165, 1.54) is 11.3 Å². The molecule has 0 saturated carbocycles. The molecule has 5 nitrogen and oxygen atoms in total. The van der Waals surface area contributed by atoms with Crippen molar-refractivity contribution in [2.75, 3.05) is 26.7 Å². The Balaban J connectivity index is 0.00000242. The third-order valence-corrected chi connectivity index (χ3v) is 4.74. The lowest BCUT2D eigenvalue weighted by atomic mass is 10.0. The van der Waals surface area contributed by atoms with Crippen molar-refractivity contribution in [3.05, 3.63) is 21.9 Å². The molecular weight excluding hydrogens is 322 g/mol. The van der Waals surface area contributed by atoms with E-state index in [-0.39, 0.29) is 30.3 Å². The summed E-state index contributed by atoms with van der Waals surface area (Å²) in [7, 11) is 1.85. The highest BCUT2D eigenvalue weighted by atomic mass is 35.5. The standard InChI is InChI=1S/C15H23N3O2S.ClH/c1-11-3-4-13(21-11)15(20)17-12-6-9-18(10-7-12)14(19)5-8-16-2;/h3-4,12,16H,5-10H2,1-2H3,(H,17,20);1H. The number of aryl methyl sites for hydroxylation is 1. The van der Waals surface area contributed by atoms with Crippen LogP contribution in [0.2, 0.25) is 0 Å². The zero-order chi connectivity index (χ0) is 15.2. The number of carbonyl (C=O) groups is 2. The van der Waals surface area contributed by atoms with Crippen molar-refractivity contribution < 1.29 is 9.59 Å². The summed E-state index contributed by atoms with van der Waals surface area (Å²) in [5.74, 6) is 0.205. The quantitative estimate of drug-likeness (QED) is 0.855. The van der Waals surface area contributed by atoms with Gasteiger partial charge in [0.2, 0.25) is 5.91 Å². The van der Waals surface area contributed by atoms with Gasteiger partial charge in [-0.2, -0.15) is 0 Å². The van der Waals surface area contributed by atoms with Gasteiger partial charge in [-0.25, -0.2) is 0 Å². The Morgan fingerprint density at radius 2 is 2.00 bits per heavy atom. The van der Waals surface area contributed by atoms with Crippen molar-refractivity contribution in [1.82, 2.24) is 15.5 Å². The number of hydrogen-bond acceptors (Lipinski definition) is 4. The highest BCUT2D eigenvalue weighted by Gasteiger charge is 2.24. The number of carbonyl (C=O) groups excluding carboxylic acids is 2. The maximum atomic E-state index is 12.1. The molecule has 7 heteroatoms. The molecule has 1 saturated heterocycles. The molecule has 0 aliphatic carbocycles. The summed E-state index contributed by atoms with van der Waals surface area (Å²) in [6.07, 6.45) is 2.21. The van der Waals surface area contributed by atoms with Crippen LogP contribution in [0, 0.1) is 6.92 Å². The molecule has 22 heavy (non-hydrogen) atoms. The number of rotatable bonds is 5. The predicted molar refractivity (Wildman–Crippen MR) is 91.9 cm³/mol. The maximum absolute atomic E-state index is 12.1. The first-order valence-electron chi connectivity index (χ1n) is 7.40. The minimum absolute atomic E-state index is 0. The summed E-state index contributed by atoms with van der Waals surface area (Å²) >= 11 is 1.52. The number of likely N-dealkylation sites (tertiary alicyclic amines) is 1. The number of nitrogens with one attached hydrogen (secondary N) is 2. The van der Waals surface area contributed by atoms with E-state index in [1.54, 1.807) is 0 Å². The highest BCUT2D eigenvalue weighted by Crippen LogP contribution is 2.17. The Kier molecular flexibility index (Phi) is 7.85. The fraction of sp³-hybridized carbons (Fsp3) is 0.600. The van der Waals surface area contributed by atoms with Crippen LogP contribution < -0.4 is 10.6 Å². The summed E-state index contributed by atoms with van der Waals surface area (Å²) in [6.45, 7) is 4.18. The van der Waals surface area contributed by atoms with Crippen LogP contribution in [-0.4, -0.2) is 49.4 Å². The lowest BCUT2D eigenvalue weighted by Gasteiger charge is -2.32. The van der Waals surface area contributed by atoms with Gasteiger partial charge in [0.1, 0.15) is 0 Å². The summed E-state index contributed by atoms with van der Waals surface area (Å²) in [4.78, 5) is 27.8. The SMILES string of the molecule is CNCCC(=O)N1CCC(NC(=O)c2ccc(C)s2)CC1.Cl. The summed E-state index contributed by atoms with van der Waals surface area (Å²) in [6, 6.07) is 4.00. The van der Waals surface area contributed by atoms with Crippen LogP contribution in [0.15, 0.2) is 12.1 Å². The molecule has 1 aromatic rings. The van der Waals surface area contributed by atoms with Crippen LogP contribution in [0.5, 0.6) is 0 Å². The van der Waals surface area contributed by atoms with Gasteiger partial charge < -0.3 is 15.5 Å². The molecule has 0 spiro atoms. The average Bonchev–Trinajstić information content (AvgIpc) is 2.92. The van der Waals surface area contributed by atoms with Gasteiger partial charge in [-0.3, -0.25) is 9.59 Å². The number of nitrogens with zero attached hydrogens (tertiary/aromatic N) is 1. The van der Waals surface area contributed by atoms with Crippen LogP contribution in [0.3, 0.4) is 0 Å². The first-order valence-corrected chi connectivity index (χ1v) is 8.21. The Morgan fingerprint density at radius 1 is 1.32 bits per heavy atom. The molecule has 0 atom stereocenters. The molecule has 0 aromatic carbocycles. The van der Waals surface area contributed by atoms with Crippen LogP contribution in [0.4, 0.5) is 0 Å². The zero-order valence-electron chi connectivity index (χ0n) is 13.1. The van der Waals surface area contributed by atoms with Crippen molar-refractivity contribution in [1.29, 1.82) is 0 Å². The molecule has 0 unspecified atom stereocenters. The molecule has 0 bridgehead atoms. The van der Waals surface area contributed by atoms with Gasteiger partial charge in [-0.1, -0.05) is 0 Å². The van der Waals surface area contributed by atoms with Crippen LogP contribution >= 0.6 is 23.7 Å². The van der Waals surface area contributed by atoms with E-state index in [1.807, 2.05) is 31.0 Å². The molecule has 1 aliphatic heterocycles. The first kappa shape index (κ1) is 18.9. The third kappa shape index (κ3) is 5.26. The minimum atomic E-state index is 0. The largest absolute Gasteiger partial charge is 0.348 e. The molecule has 0 radical (unpaired) electrons. The van der Waals surface area contributed by atoms with E-state index in [2.05, 4.69) is 10.6 Å². The second-order valence-electron chi connectivity index (χ2n) is 5.39. The van der Waals surface area contributed by atoms with Crippen molar-refractivity contribution >= 4 is 35.6 Å². The molecule has 2 amide bonds. The minimum Gasteiger partial charge on any atom is -0.348 e. The molecule has 2 N–H and O–H groups in total. The lowest BCUT2D eigenvalue weighted by Crippen LogP contribution is -2.46. The molecular formula is C15H24ClN3O2S. The number of amides is 2. The second-order valence-corrected chi connectivity index (χ2v) is 6.68. The number of piperidine rings is 1. The zero-order valence-corrected chi connectivity index (χ0v) is 14.7. The Labute approximate surface area is 141 Å². The van der Waals surface area contributed by atoms with Gasteiger partial charge in [0.15, 0.2) is 0 Å². The van der Waals surface area contributed by atoms with E-state index in [0.29, 0.717) is 13.0 Å². The predicted octanol–water partition coefficient (Wildman–Crippen LogP) is 1.81. The molecule has 124 valence electrons. The second kappa shape index (κ2) is 9.12. The number of halogens is 1. The Hall–Kier alpha value is -1.11. The van der Waals surface area contributed by atoms with E-state index in [4.69, 9.17) is 0 Å². The van der Waals surface area contributed by atoms with Gasteiger partial charge in [-0.15, -0.1) is 23.7 Å². The van der Waals surface area contributed by atoms with E-state index < -0.39 is 0 Å². The molecule has 2 rings (SSSR count). The topological polar surface area (TPSA) is 61.4 Å². The lowest BCUT2D eigenvalue weighted by molar-refractivity contribution is -0.132. The molecule has 1 fully saturated rings. The number of thiophene rings is 1. The van der Waals surface area contributed by atoms with E-state index in [9.17, 15) is 9.59 Å². The summed E-state index contributed by atoms with van der Waals surface area (Å²) in [5, 5.41) is 6.06. The summed E-state index contributed by atoms with van der Waals surface area (Å²) in [5.41, 5.74) is 0. The van der Waals surface area contributed by atoms with E-state index in [0.717, 1.165) is 35.7 Å². The fourth-order valence-corrected chi connectivity index (χ4v) is 3.25. The third-order valence-electron chi connectivity index (χ3n) is 3.74. The Morgan fingerprint density at radius 3 is 2.55 bits per heavy atom. The van der Waals surface area contributed by atoms with Crippen LogP contribution in [-0.2, 0) is 4.79 Å². The summed E-state index contributed by atoms with van der Waals surface area (Å²) < 4.78 is 0. The maximum Gasteiger partial charge on any atom is 0.261 e. The monoisotopic (exact) mass is 345 g/mol. The van der Waals surface area contributed by atoms with Crippen LogP contribution in [0.1, 0.15) is 33.8 Å². The van der Waals surface area contributed by atoms with Gasteiger partial charge in [0.25, 0.3) is 5.91 Å². The highest BCUT2D eigenvalue weighted by molar-refractivity contribution is 7.13. The average molecular weight is 346 g/mol. The number of hydrogen-bond donors (Lipinski definition) is 2. The van der Waals surface area contributed by atoms with Gasteiger partial charge in [0, 0.05) is 37.0 Å². The first-order chi connectivity index (χ1) is 10.1. The van der Waals surface area contributed by atoms with Crippen molar-refractivity contribution in [3.8, 4) is 0 Å². The van der Waals surface area contributed by atoms with Crippen molar-refractivity contribution in [2.45, 2.75) is 32.2 Å².